The normalized spacial score (nSPS) is 14.6. The van der Waals surface area contributed by atoms with Gasteiger partial charge in [0.2, 0.25) is 0 Å². The minimum absolute atomic E-state index is 0.0105. The molecule has 1 N–H and O–H groups in total. The largest absolute Gasteiger partial charge is 0.344 e. The van der Waals surface area contributed by atoms with E-state index >= 15 is 0 Å². The van der Waals surface area contributed by atoms with Crippen molar-refractivity contribution < 1.29 is 9.59 Å². The molecule has 1 aliphatic carbocycles. The van der Waals surface area contributed by atoms with Crippen molar-refractivity contribution in [1.82, 2.24) is 30.4 Å². The summed E-state index contributed by atoms with van der Waals surface area (Å²) in [5.74, 6) is 0.874. The molecule has 3 aromatic rings. The fourth-order valence-electron chi connectivity index (χ4n) is 4.48. The lowest BCUT2D eigenvalue weighted by molar-refractivity contribution is 0.0825. The number of nitrogens with one attached hydrogen (secondary N) is 1. The van der Waals surface area contributed by atoms with Crippen LogP contribution >= 0.6 is 22.7 Å². The summed E-state index contributed by atoms with van der Waals surface area (Å²) < 4.78 is 0. The number of aromatic nitrogens is 4. The Morgan fingerprint density at radius 3 is 1.88 bits per heavy atom. The van der Waals surface area contributed by atoms with Gasteiger partial charge in [0.25, 0.3) is 11.8 Å². The molecule has 10 heteroatoms. The van der Waals surface area contributed by atoms with Crippen LogP contribution in [0.25, 0.3) is 0 Å². The highest BCUT2D eigenvalue weighted by Gasteiger charge is 2.47. The molecule has 0 saturated carbocycles. The molecule has 0 atom stereocenters. The first-order chi connectivity index (χ1) is 15.1. The van der Waals surface area contributed by atoms with Crippen LogP contribution in [0.5, 0.6) is 0 Å². The lowest BCUT2D eigenvalue weighted by Gasteiger charge is -2.33. The molecule has 0 unspecified atom stereocenters. The zero-order valence-electron chi connectivity index (χ0n) is 19.2. The van der Waals surface area contributed by atoms with Gasteiger partial charge in [-0.2, -0.15) is 5.21 Å². The van der Waals surface area contributed by atoms with E-state index in [1.54, 1.807) is 60.7 Å². The van der Waals surface area contributed by atoms with Gasteiger partial charge in [-0.25, -0.2) is 0 Å². The fourth-order valence-corrected chi connectivity index (χ4v) is 7.00. The summed E-state index contributed by atoms with van der Waals surface area (Å²) in [5.41, 5.74) is 1.44. The first-order valence-corrected chi connectivity index (χ1v) is 12.2. The topological polar surface area (TPSA) is 95.1 Å². The average Bonchev–Trinajstić information content (AvgIpc) is 3.48. The lowest BCUT2D eigenvalue weighted by Crippen LogP contribution is -2.33. The van der Waals surface area contributed by atoms with Crippen LogP contribution < -0.4 is 0 Å². The van der Waals surface area contributed by atoms with Crippen LogP contribution in [0, 0.1) is 5.92 Å². The molecule has 0 spiro atoms. The second-order valence-corrected chi connectivity index (χ2v) is 11.3. The number of aryl methyl sites for hydroxylation is 2. The zero-order valence-corrected chi connectivity index (χ0v) is 20.9. The third kappa shape index (κ3) is 3.65. The standard InChI is InChI=1S/C22H28N6O2S2/c1-12(2)11-22(21-23-25-26-24-21)13-9-17(19(29)27(3)4)31-15(13)7-8-16-14(22)10-18(32-16)20(30)28(5)6/h9-10,12H,7-8,11H2,1-6H3,(H,23,24,25,26). The third-order valence-electron chi connectivity index (χ3n) is 5.79. The van der Waals surface area contributed by atoms with Gasteiger partial charge >= 0.3 is 0 Å². The molecule has 0 bridgehead atoms. The van der Waals surface area contributed by atoms with Crippen LogP contribution in [0.4, 0.5) is 0 Å². The summed E-state index contributed by atoms with van der Waals surface area (Å²) >= 11 is 3.11. The number of aromatic amines is 1. The predicted molar refractivity (Wildman–Crippen MR) is 126 cm³/mol. The molecule has 0 aliphatic heterocycles. The lowest BCUT2D eigenvalue weighted by atomic mass is 9.69. The summed E-state index contributed by atoms with van der Waals surface area (Å²) in [5, 5.41) is 15.4. The first-order valence-electron chi connectivity index (χ1n) is 10.6. The van der Waals surface area contributed by atoms with Gasteiger partial charge in [0.05, 0.1) is 15.2 Å². The molecule has 3 aromatic heterocycles. The molecule has 0 radical (unpaired) electrons. The molecule has 0 fully saturated rings. The van der Waals surface area contributed by atoms with E-state index in [1.807, 2.05) is 12.1 Å². The molecule has 4 rings (SSSR count). The highest BCUT2D eigenvalue weighted by molar-refractivity contribution is 7.15. The molecule has 32 heavy (non-hydrogen) atoms. The van der Waals surface area contributed by atoms with Crippen molar-refractivity contribution >= 4 is 34.5 Å². The molecule has 0 saturated heterocycles. The number of amides is 2. The third-order valence-corrected chi connectivity index (χ3v) is 8.16. The quantitative estimate of drug-likeness (QED) is 0.615. The van der Waals surface area contributed by atoms with E-state index in [2.05, 4.69) is 34.5 Å². The Morgan fingerprint density at radius 1 is 1.00 bits per heavy atom. The molecule has 0 aromatic carbocycles. The maximum Gasteiger partial charge on any atom is 0.263 e. The summed E-state index contributed by atoms with van der Waals surface area (Å²) in [6.07, 6.45) is 2.36. The Morgan fingerprint density at radius 2 is 1.50 bits per heavy atom. The Hall–Kier alpha value is -2.59. The maximum atomic E-state index is 12.8. The minimum atomic E-state index is -0.676. The number of rotatable bonds is 5. The van der Waals surface area contributed by atoms with Crippen molar-refractivity contribution in [3.8, 4) is 0 Å². The smallest absolute Gasteiger partial charge is 0.263 e. The van der Waals surface area contributed by atoms with E-state index in [-0.39, 0.29) is 11.8 Å². The molecule has 2 amide bonds. The SMILES string of the molecule is CC(C)CC1(c2nn[nH]n2)c2cc(C(=O)N(C)C)sc2CCc2sc(C(=O)N(C)C)cc21. The number of hydrogen-bond acceptors (Lipinski definition) is 7. The van der Waals surface area contributed by atoms with Crippen LogP contribution in [0.15, 0.2) is 12.1 Å². The summed E-state index contributed by atoms with van der Waals surface area (Å²) in [6, 6.07) is 4.03. The monoisotopic (exact) mass is 472 g/mol. The van der Waals surface area contributed by atoms with Gasteiger partial charge in [-0.05, 0) is 48.4 Å². The molecular formula is C22H28N6O2S2. The molecule has 1 aliphatic rings. The molecule has 3 heterocycles. The highest BCUT2D eigenvalue weighted by atomic mass is 32.1. The van der Waals surface area contributed by atoms with E-state index in [9.17, 15) is 9.59 Å². The second kappa shape index (κ2) is 8.40. The Balaban J connectivity index is 2.02. The molecule has 170 valence electrons. The average molecular weight is 473 g/mol. The second-order valence-electron chi connectivity index (χ2n) is 9.03. The van der Waals surface area contributed by atoms with E-state index in [4.69, 9.17) is 0 Å². The van der Waals surface area contributed by atoms with Crippen LogP contribution in [-0.4, -0.2) is 70.4 Å². The van der Waals surface area contributed by atoms with Crippen molar-refractivity contribution in [3.63, 3.8) is 0 Å². The van der Waals surface area contributed by atoms with Crippen molar-refractivity contribution in [2.24, 2.45) is 5.92 Å². The van der Waals surface area contributed by atoms with Crippen LogP contribution in [0.2, 0.25) is 0 Å². The number of carbonyl (C=O) groups is 2. The number of carbonyl (C=O) groups excluding carboxylic acids is 2. The molecule has 8 nitrogen and oxygen atoms in total. The van der Waals surface area contributed by atoms with Gasteiger partial charge in [0.15, 0.2) is 5.82 Å². The van der Waals surface area contributed by atoms with Gasteiger partial charge in [0, 0.05) is 37.9 Å². The highest BCUT2D eigenvalue weighted by Crippen LogP contribution is 2.51. The van der Waals surface area contributed by atoms with E-state index in [1.165, 1.54) is 9.75 Å². The van der Waals surface area contributed by atoms with Crippen molar-refractivity contribution in [1.29, 1.82) is 0 Å². The van der Waals surface area contributed by atoms with E-state index < -0.39 is 5.41 Å². The Labute approximate surface area is 195 Å². The van der Waals surface area contributed by atoms with E-state index in [0.29, 0.717) is 21.5 Å². The van der Waals surface area contributed by atoms with Crippen LogP contribution in [-0.2, 0) is 18.3 Å². The summed E-state index contributed by atoms with van der Waals surface area (Å²) in [6.45, 7) is 4.34. The summed E-state index contributed by atoms with van der Waals surface area (Å²) in [7, 11) is 7.07. The molecular weight excluding hydrogens is 444 g/mol. The minimum Gasteiger partial charge on any atom is -0.344 e. The number of hydrogen-bond donors (Lipinski definition) is 1. The van der Waals surface area contributed by atoms with Crippen molar-refractivity contribution in [2.75, 3.05) is 28.2 Å². The van der Waals surface area contributed by atoms with Gasteiger partial charge in [-0.1, -0.05) is 19.1 Å². The zero-order chi connectivity index (χ0) is 23.2. The predicted octanol–water partition coefficient (Wildman–Crippen LogP) is 3.21. The maximum absolute atomic E-state index is 12.8. The van der Waals surface area contributed by atoms with Gasteiger partial charge in [0.1, 0.15) is 0 Å². The van der Waals surface area contributed by atoms with Gasteiger partial charge < -0.3 is 9.80 Å². The number of nitrogens with zero attached hydrogens (tertiary/aromatic N) is 5. The van der Waals surface area contributed by atoms with Crippen molar-refractivity contribution in [2.45, 2.75) is 38.5 Å². The van der Waals surface area contributed by atoms with Crippen LogP contribution in [0.3, 0.4) is 0 Å². The number of H-pyrrole nitrogens is 1. The number of tetrazole rings is 1. The fraction of sp³-hybridized carbons (Fsp3) is 0.500. The van der Waals surface area contributed by atoms with E-state index in [0.717, 1.165) is 30.4 Å². The number of thiophene rings is 2. The Bertz CT molecular complexity index is 1080. The number of fused-ring (bicyclic) bond motifs is 2. The van der Waals surface area contributed by atoms with Crippen molar-refractivity contribution in [3.05, 3.63) is 48.6 Å². The summed E-state index contributed by atoms with van der Waals surface area (Å²) in [4.78, 5) is 32.6. The van der Waals surface area contributed by atoms with Gasteiger partial charge in [-0.15, -0.1) is 32.9 Å². The first kappa shape index (κ1) is 22.6. The Kier molecular flexibility index (Phi) is 5.93. The van der Waals surface area contributed by atoms with Crippen LogP contribution in [0.1, 0.15) is 66.3 Å². The van der Waals surface area contributed by atoms with Gasteiger partial charge in [-0.3, -0.25) is 9.59 Å².